The van der Waals surface area contributed by atoms with Gasteiger partial charge in [-0.25, -0.2) is 0 Å². The second-order valence-corrected chi connectivity index (χ2v) is 4.85. The SMILES string of the molecule is CCC1(CC)CCN(C(=O)C(C)CN)C1.Cl. The van der Waals surface area contributed by atoms with Gasteiger partial charge in [-0.3, -0.25) is 4.79 Å². The third-order valence-corrected chi connectivity index (χ3v) is 4.03. The molecule has 4 heteroatoms. The monoisotopic (exact) mass is 248 g/mol. The summed E-state index contributed by atoms with van der Waals surface area (Å²) in [6.07, 6.45) is 3.50. The van der Waals surface area contributed by atoms with Gasteiger partial charge < -0.3 is 10.6 Å². The van der Waals surface area contributed by atoms with Crippen LogP contribution < -0.4 is 5.73 Å². The van der Waals surface area contributed by atoms with Crippen molar-refractivity contribution in [2.75, 3.05) is 19.6 Å². The number of carbonyl (C=O) groups excluding carboxylic acids is 1. The lowest BCUT2D eigenvalue weighted by molar-refractivity contribution is -0.134. The Labute approximate surface area is 105 Å². The van der Waals surface area contributed by atoms with Crippen LogP contribution in [0.5, 0.6) is 0 Å². The smallest absolute Gasteiger partial charge is 0.226 e. The van der Waals surface area contributed by atoms with Crippen LogP contribution in [0.1, 0.15) is 40.0 Å². The first-order chi connectivity index (χ1) is 7.08. The Morgan fingerprint density at radius 2 is 2.00 bits per heavy atom. The zero-order valence-electron chi connectivity index (χ0n) is 10.7. The lowest BCUT2D eigenvalue weighted by Gasteiger charge is -2.27. The maximum Gasteiger partial charge on any atom is 0.226 e. The molecule has 96 valence electrons. The van der Waals surface area contributed by atoms with Crippen molar-refractivity contribution in [1.29, 1.82) is 0 Å². The van der Waals surface area contributed by atoms with Gasteiger partial charge in [0.1, 0.15) is 0 Å². The summed E-state index contributed by atoms with van der Waals surface area (Å²) in [6.45, 7) is 8.68. The summed E-state index contributed by atoms with van der Waals surface area (Å²) in [5.74, 6) is 0.218. The molecule has 1 rings (SSSR count). The van der Waals surface area contributed by atoms with Crippen LogP contribution in [-0.4, -0.2) is 30.4 Å². The van der Waals surface area contributed by atoms with Crippen molar-refractivity contribution in [3.8, 4) is 0 Å². The van der Waals surface area contributed by atoms with E-state index in [0.29, 0.717) is 12.0 Å². The fourth-order valence-electron chi connectivity index (χ4n) is 2.36. The number of nitrogens with two attached hydrogens (primary N) is 1. The molecule has 0 aliphatic carbocycles. The van der Waals surface area contributed by atoms with Crippen LogP contribution in [0.25, 0.3) is 0 Å². The highest BCUT2D eigenvalue weighted by molar-refractivity contribution is 5.85. The minimum absolute atomic E-state index is 0. The topological polar surface area (TPSA) is 46.3 Å². The average molecular weight is 249 g/mol. The number of rotatable bonds is 4. The van der Waals surface area contributed by atoms with Gasteiger partial charge in [0.05, 0.1) is 0 Å². The number of hydrogen-bond donors (Lipinski definition) is 1. The van der Waals surface area contributed by atoms with Gasteiger partial charge in [-0.05, 0) is 24.7 Å². The highest BCUT2D eigenvalue weighted by Gasteiger charge is 2.37. The molecular formula is C12H25ClN2O. The second kappa shape index (κ2) is 6.45. The molecule has 16 heavy (non-hydrogen) atoms. The number of likely N-dealkylation sites (tertiary alicyclic amines) is 1. The second-order valence-electron chi connectivity index (χ2n) is 4.85. The number of hydrogen-bond acceptors (Lipinski definition) is 2. The van der Waals surface area contributed by atoms with E-state index in [1.807, 2.05) is 11.8 Å². The summed E-state index contributed by atoms with van der Waals surface area (Å²) in [7, 11) is 0. The van der Waals surface area contributed by atoms with Crippen molar-refractivity contribution in [3.63, 3.8) is 0 Å². The predicted octanol–water partition coefficient (Wildman–Crippen LogP) is 2.04. The molecular weight excluding hydrogens is 224 g/mol. The number of carbonyl (C=O) groups is 1. The first-order valence-electron chi connectivity index (χ1n) is 6.07. The first-order valence-corrected chi connectivity index (χ1v) is 6.07. The summed E-state index contributed by atoms with van der Waals surface area (Å²) >= 11 is 0. The molecule has 1 atom stereocenters. The molecule has 0 aromatic heterocycles. The lowest BCUT2D eigenvalue weighted by Crippen LogP contribution is -2.37. The van der Waals surface area contributed by atoms with Gasteiger partial charge in [0, 0.05) is 25.6 Å². The number of nitrogens with zero attached hydrogens (tertiary/aromatic N) is 1. The largest absolute Gasteiger partial charge is 0.342 e. The van der Waals surface area contributed by atoms with Gasteiger partial charge in [0.25, 0.3) is 0 Å². The molecule has 0 saturated carbocycles. The van der Waals surface area contributed by atoms with Crippen LogP contribution in [0.15, 0.2) is 0 Å². The maximum absolute atomic E-state index is 11.9. The lowest BCUT2D eigenvalue weighted by atomic mass is 9.82. The van der Waals surface area contributed by atoms with E-state index in [0.717, 1.165) is 19.5 Å². The van der Waals surface area contributed by atoms with Crippen LogP contribution in [-0.2, 0) is 4.79 Å². The van der Waals surface area contributed by atoms with Gasteiger partial charge in [-0.2, -0.15) is 0 Å². The highest BCUT2D eigenvalue weighted by Crippen LogP contribution is 2.37. The molecule has 1 heterocycles. The number of halogens is 1. The quantitative estimate of drug-likeness (QED) is 0.828. The van der Waals surface area contributed by atoms with Crippen molar-refractivity contribution >= 4 is 18.3 Å². The molecule has 1 fully saturated rings. The summed E-state index contributed by atoms with van der Waals surface area (Å²) in [5, 5.41) is 0. The van der Waals surface area contributed by atoms with Crippen LogP contribution >= 0.6 is 12.4 Å². The van der Waals surface area contributed by atoms with E-state index in [2.05, 4.69) is 13.8 Å². The van der Waals surface area contributed by atoms with E-state index in [1.54, 1.807) is 0 Å². The van der Waals surface area contributed by atoms with Gasteiger partial charge in [-0.15, -0.1) is 12.4 Å². The van der Waals surface area contributed by atoms with Crippen molar-refractivity contribution in [2.45, 2.75) is 40.0 Å². The Hall–Kier alpha value is -0.280. The Morgan fingerprint density at radius 3 is 2.38 bits per heavy atom. The van der Waals surface area contributed by atoms with Gasteiger partial charge in [-0.1, -0.05) is 20.8 Å². The number of amides is 1. The molecule has 1 aliphatic heterocycles. The van der Waals surface area contributed by atoms with Gasteiger partial charge >= 0.3 is 0 Å². The Morgan fingerprint density at radius 1 is 1.44 bits per heavy atom. The fourth-order valence-corrected chi connectivity index (χ4v) is 2.36. The molecule has 0 spiro atoms. The minimum Gasteiger partial charge on any atom is -0.342 e. The minimum atomic E-state index is -0.0190. The Bertz CT molecular complexity index is 229. The maximum atomic E-state index is 11.9. The zero-order chi connectivity index (χ0) is 11.5. The van der Waals surface area contributed by atoms with E-state index in [1.165, 1.54) is 12.8 Å². The van der Waals surface area contributed by atoms with E-state index in [9.17, 15) is 4.79 Å². The normalized spacial score (nSPS) is 20.4. The standard InChI is InChI=1S/C12H24N2O.ClH/c1-4-12(5-2)6-7-14(9-12)11(15)10(3)8-13;/h10H,4-9,13H2,1-3H3;1H. The van der Waals surface area contributed by atoms with Crippen molar-refractivity contribution in [3.05, 3.63) is 0 Å². The van der Waals surface area contributed by atoms with E-state index < -0.39 is 0 Å². The highest BCUT2D eigenvalue weighted by atomic mass is 35.5. The van der Waals surface area contributed by atoms with Gasteiger partial charge in [0.2, 0.25) is 5.91 Å². The molecule has 1 saturated heterocycles. The van der Waals surface area contributed by atoms with E-state index in [-0.39, 0.29) is 24.2 Å². The summed E-state index contributed by atoms with van der Waals surface area (Å²) in [4.78, 5) is 13.9. The first kappa shape index (κ1) is 15.7. The Kier molecular flexibility index (Phi) is 6.34. The van der Waals surface area contributed by atoms with Crippen LogP contribution in [0, 0.1) is 11.3 Å². The summed E-state index contributed by atoms with van der Waals surface area (Å²) < 4.78 is 0. The molecule has 2 N–H and O–H groups in total. The molecule has 0 aromatic carbocycles. The molecule has 0 aromatic rings. The zero-order valence-corrected chi connectivity index (χ0v) is 11.5. The fraction of sp³-hybridized carbons (Fsp3) is 0.917. The third-order valence-electron chi connectivity index (χ3n) is 4.03. The van der Waals surface area contributed by atoms with Crippen molar-refractivity contribution < 1.29 is 4.79 Å². The van der Waals surface area contributed by atoms with Crippen LogP contribution in [0.2, 0.25) is 0 Å². The summed E-state index contributed by atoms with van der Waals surface area (Å²) in [5.41, 5.74) is 5.90. The van der Waals surface area contributed by atoms with E-state index >= 15 is 0 Å². The molecule has 0 bridgehead atoms. The predicted molar refractivity (Wildman–Crippen MR) is 69.7 cm³/mol. The molecule has 3 nitrogen and oxygen atoms in total. The van der Waals surface area contributed by atoms with Crippen LogP contribution in [0.3, 0.4) is 0 Å². The van der Waals surface area contributed by atoms with E-state index in [4.69, 9.17) is 5.73 Å². The Balaban J connectivity index is 0.00000225. The molecule has 1 amide bonds. The average Bonchev–Trinajstić information content (AvgIpc) is 2.72. The molecule has 0 radical (unpaired) electrons. The molecule has 1 aliphatic rings. The van der Waals surface area contributed by atoms with Crippen molar-refractivity contribution in [1.82, 2.24) is 4.90 Å². The van der Waals surface area contributed by atoms with Crippen molar-refractivity contribution in [2.24, 2.45) is 17.1 Å². The third kappa shape index (κ3) is 3.11. The van der Waals surface area contributed by atoms with Crippen LogP contribution in [0.4, 0.5) is 0 Å². The molecule has 1 unspecified atom stereocenters. The summed E-state index contributed by atoms with van der Waals surface area (Å²) in [6, 6.07) is 0. The van der Waals surface area contributed by atoms with Gasteiger partial charge in [0.15, 0.2) is 0 Å².